The first-order valence-corrected chi connectivity index (χ1v) is 8.77. The van der Waals surface area contributed by atoms with Crippen LogP contribution < -0.4 is 10.1 Å². The quantitative estimate of drug-likeness (QED) is 0.883. The van der Waals surface area contributed by atoms with Gasteiger partial charge in [-0.25, -0.2) is 0 Å². The number of benzene rings is 1. The van der Waals surface area contributed by atoms with Crippen molar-refractivity contribution in [1.29, 1.82) is 0 Å². The first kappa shape index (κ1) is 13.6. The van der Waals surface area contributed by atoms with E-state index in [1.807, 2.05) is 6.92 Å². The van der Waals surface area contributed by atoms with E-state index < -0.39 is 0 Å². The molecular formula is C19H27NO. The molecule has 0 amide bonds. The van der Waals surface area contributed by atoms with Crippen LogP contribution in [0.4, 0.5) is 0 Å². The van der Waals surface area contributed by atoms with Gasteiger partial charge in [-0.3, -0.25) is 0 Å². The Balaban J connectivity index is 1.39. The highest BCUT2D eigenvalue weighted by atomic mass is 16.5. The van der Waals surface area contributed by atoms with Gasteiger partial charge in [-0.15, -0.1) is 0 Å². The molecule has 21 heavy (non-hydrogen) atoms. The molecule has 0 radical (unpaired) electrons. The third kappa shape index (κ3) is 2.70. The Morgan fingerprint density at radius 1 is 1.05 bits per heavy atom. The maximum absolute atomic E-state index is 5.60. The normalized spacial score (nSPS) is 36.9. The van der Waals surface area contributed by atoms with E-state index in [4.69, 9.17) is 4.74 Å². The number of hydrogen-bond donors (Lipinski definition) is 1. The average Bonchev–Trinajstić information content (AvgIpc) is 2.46. The molecule has 5 rings (SSSR count). The zero-order valence-corrected chi connectivity index (χ0v) is 13.1. The van der Waals surface area contributed by atoms with E-state index in [-0.39, 0.29) is 0 Å². The van der Waals surface area contributed by atoms with E-state index in [1.54, 1.807) is 0 Å². The topological polar surface area (TPSA) is 21.3 Å². The SMILES string of the molecule is CCOc1cccc(CNC2C3CC4CC(C3)CC2C4)c1. The van der Waals surface area contributed by atoms with Crippen molar-refractivity contribution in [3.63, 3.8) is 0 Å². The van der Waals surface area contributed by atoms with Crippen molar-refractivity contribution in [1.82, 2.24) is 5.32 Å². The molecule has 0 atom stereocenters. The second-order valence-electron chi connectivity index (χ2n) is 7.42. The Bertz CT molecular complexity index is 470. The fourth-order valence-electron chi connectivity index (χ4n) is 5.41. The monoisotopic (exact) mass is 285 g/mol. The average molecular weight is 285 g/mol. The maximum atomic E-state index is 5.60. The van der Waals surface area contributed by atoms with Gasteiger partial charge in [-0.2, -0.15) is 0 Å². The highest BCUT2D eigenvalue weighted by Gasteiger charge is 2.47. The minimum atomic E-state index is 0.742. The first-order valence-electron chi connectivity index (χ1n) is 8.77. The lowest BCUT2D eigenvalue weighted by Crippen LogP contribution is -2.54. The van der Waals surface area contributed by atoms with Crippen molar-refractivity contribution >= 4 is 0 Å². The molecule has 1 N–H and O–H groups in total. The number of rotatable bonds is 5. The van der Waals surface area contributed by atoms with E-state index in [0.29, 0.717) is 0 Å². The lowest BCUT2D eigenvalue weighted by atomic mass is 9.54. The molecule has 0 unspecified atom stereocenters. The van der Waals surface area contributed by atoms with Crippen molar-refractivity contribution in [2.75, 3.05) is 6.61 Å². The fourth-order valence-corrected chi connectivity index (χ4v) is 5.41. The van der Waals surface area contributed by atoms with Gasteiger partial charge in [0.05, 0.1) is 6.61 Å². The molecule has 114 valence electrons. The molecule has 4 aliphatic carbocycles. The molecular weight excluding hydrogens is 258 g/mol. The van der Waals surface area contributed by atoms with Crippen LogP contribution in [0.15, 0.2) is 24.3 Å². The van der Waals surface area contributed by atoms with Gasteiger partial charge in [0.2, 0.25) is 0 Å². The molecule has 1 aromatic rings. The molecule has 4 bridgehead atoms. The molecule has 0 spiro atoms. The Morgan fingerprint density at radius 3 is 2.43 bits per heavy atom. The molecule has 4 fully saturated rings. The second kappa shape index (κ2) is 5.64. The van der Waals surface area contributed by atoms with Crippen LogP contribution >= 0.6 is 0 Å². The van der Waals surface area contributed by atoms with Crippen LogP contribution in [0.1, 0.15) is 44.6 Å². The van der Waals surface area contributed by atoms with E-state index in [1.165, 1.54) is 37.7 Å². The van der Waals surface area contributed by atoms with Gasteiger partial charge in [0.1, 0.15) is 5.75 Å². The molecule has 1 aromatic carbocycles. The number of hydrogen-bond acceptors (Lipinski definition) is 2. The van der Waals surface area contributed by atoms with E-state index >= 15 is 0 Å². The van der Waals surface area contributed by atoms with Gasteiger partial charge in [0.25, 0.3) is 0 Å². The summed E-state index contributed by atoms with van der Waals surface area (Å²) in [7, 11) is 0. The van der Waals surface area contributed by atoms with Gasteiger partial charge in [-0.05, 0) is 80.4 Å². The summed E-state index contributed by atoms with van der Waals surface area (Å²) in [6.45, 7) is 3.78. The van der Waals surface area contributed by atoms with Gasteiger partial charge >= 0.3 is 0 Å². The summed E-state index contributed by atoms with van der Waals surface area (Å²) in [6.07, 6.45) is 7.50. The van der Waals surface area contributed by atoms with Crippen LogP contribution in [0, 0.1) is 23.7 Å². The lowest BCUT2D eigenvalue weighted by molar-refractivity contribution is -0.0142. The van der Waals surface area contributed by atoms with Gasteiger partial charge in [0, 0.05) is 12.6 Å². The van der Waals surface area contributed by atoms with Crippen LogP contribution in [0.5, 0.6) is 5.75 Å². The molecule has 0 aromatic heterocycles. The molecule has 0 aliphatic heterocycles. The molecule has 0 saturated heterocycles. The zero-order chi connectivity index (χ0) is 14.2. The molecule has 4 saturated carbocycles. The summed E-state index contributed by atoms with van der Waals surface area (Å²) in [4.78, 5) is 0. The predicted octanol–water partition coefficient (Wildman–Crippen LogP) is 4.00. The summed E-state index contributed by atoms with van der Waals surface area (Å²) in [6, 6.07) is 9.33. The van der Waals surface area contributed by atoms with Crippen molar-refractivity contribution in [3.05, 3.63) is 29.8 Å². The Morgan fingerprint density at radius 2 is 1.76 bits per heavy atom. The van der Waals surface area contributed by atoms with Gasteiger partial charge < -0.3 is 10.1 Å². The van der Waals surface area contributed by atoms with Crippen molar-refractivity contribution in [2.24, 2.45) is 23.7 Å². The molecule has 0 heterocycles. The van der Waals surface area contributed by atoms with Crippen LogP contribution in [-0.4, -0.2) is 12.6 Å². The number of ether oxygens (including phenoxy) is 1. The number of nitrogens with one attached hydrogen (secondary N) is 1. The maximum Gasteiger partial charge on any atom is 0.119 e. The summed E-state index contributed by atoms with van der Waals surface area (Å²) in [5.41, 5.74) is 1.36. The summed E-state index contributed by atoms with van der Waals surface area (Å²) < 4.78 is 5.60. The smallest absolute Gasteiger partial charge is 0.119 e. The minimum Gasteiger partial charge on any atom is -0.494 e. The molecule has 2 nitrogen and oxygen atoms in total. The summed E-state index contributed by atoms with van der Waals surface area (Å²) >= 11 is 0. The molecule has 2 heteroatoms. The fraction of sp³-hybridized carbons (Fsp3) is 0.684. The van der Waals surface area contributed by atoms with E-state index in [9.17, 15) is 0 Å². The second-order valence-corrected chi connectivity index (χ2v) is 7.42. The van der Waals surface area contributed by atoms with Crippen LogP contribution in [-0.2, 0) is 6.54 Å². The Labute approximate surface area is 128 Å². The van der Waals surface area contributed by atoms with E-state index in [0.717, 1.165) is 48.6 Å². The predicted molar refractivity (Wildman–Crippen MR) is 85.3 cm³/mol. The third-order valence-corrected chi connectivity index (χ3v) is 5.98. The lowest BCUT2D eigenvalue weighted by Gasteiger charge is -2.54. The highest BCUT2D eigenvalue weighted by Crippen LogP contribution is 2.53. The largest absolute Gasteiger partial charge is 0.494 e. The van der Waals surface area contributed by atoms with E-state index in [2.05, 4.69) is 29.6 Å². The minimum absolute atomic E-state index is 0.742. The van der Waals surface area contributed by atoms with Crippen LogP contribution in [0.25, 0.3) is 0 Å². The summed E-state index contributed by atoms with van der Waals surface area (Å²) in [5, 5.41) is 3.89. The van der Waals surface area contributed by atoms with Gasteiger partial charge in [0.15, 0.2) is 0 Å². The standard InChI is InChI=1S/C19H27NO/c1-2-21-18-5-3-4-13(11-18)12-20-19-16-7-14-6-15(9-16)10-17(19)8-14/h3-5,11,14-17,19-20H,2,6-10,12H2,1H3. The molecule has 4 aliphatic rings. The summed E-state index contributed by atoms with van der Waals surface area (Å²) in [5.74, 6) is 5.04. The highest BCUT2D eigenvalue weighted by molar-refractivity contribution is 5.28. The zero-order valence-electron chi connectivity index (χ0n) is 13.1. The van der Waals surface area contributed by atoms with Crippen molar-refractivity contribution < 1.29 is 4.74 Å². The van der Waals surface area contributed by atoms with Crippen molar-refractivity contribution in [2.45, 2.75) is 51.6 Å². The van der Waals surface area contributed by atoms with Crippen LogP contribution in [0.3, 0.4) is 0 Å². The Hall–Kier alpha value is -1.02. The Kier molecular flexibility index (Phi) is 3.66. The van der Waals surface area contributed by atoms with Crippen molar-refractivity contribution in [3.8, 4) is 5.75 Å². The van der Waals surface area contributed by atoms with Crippen LogP contribution in [0.2, 0.25) is 0 Å². The first-order chi connectivity index (χ1) is 10.3. The third-order valence-electron chi connectivity index (χ3n) is 5.98. The van der Waals surface area contributed by atoms with Gasteiger partial charge in [-0.1, -0.05) is 12.1 Å².